The molecule has 2 fully saturated rings. The van der Waals surface area contributed by atoms with Gasteiger partial charge in [-0.3, -0.25) is 0 Å². The molecule has 2 aliphatic heterocycles. The van der Waals surface area contributed by atoms with Gasteiger partial charge in [-0.05, 0) is 54.4 Å². The summed E-state index contributed by atoms with van der Waals surface area (Å²) in [5.74, 6) is 0.134. The van der Waals surface area contributed by atoms with Gasteiger partial charge in [0.25, 0.3) is 0 Å². The number of piperidine rings is 2. The highest BCUT2D eigenvalue weighted by Crippen LogP contribution is 2.45. The predicted octanol–water partition coefficient (Wildman–Crippen LogP) is 5.72. The van der Waals surface area contributed by atoms with Crippen LogP contribution in [0.1, 0.15) is 49.1 Å². The highest BCUT2D eigenvalue weighted by molar-refractivity contribution is 9.09. The van der Waals surface area contributed by atoms with Gasteiger partial charge in [0.2, 0.25) is 0 Å². The molecule has 27 heavy (non-hydrogen) atoms. The minimum Gasteiger partial charge on any atom is -0.448 e. The van der Waals surface area contributed by atoms with Crippen LogP contribution in [-0.2, 0) is 4.74 Å². The van der Waals surface area contributed by atoms with E-state index in [2.05, 4.69) is 64.5 Å². The number of carbonyl (C=O) groups excluding carboxylic acids is 1. The van der Waals surface area contributed by atoms with Crippen LogP contribution in [0.2, 0.25) is 0 Å². The summed E-state index contributed by atoms with van der Waals surface area (Å²) in [6.07, 6.45) is 5.39. The van der Waals surface area contributed by atoms with Crippen LogP contribution >= 0.6 is 15.9 Å². The normalized spacial score (nSPS) is 26.4. The topological polar surface area (TPSA) is 29.5 Å². The van der Waals surface area contributed by atoms with Crippen molar-refractivity contribution in [2.45, 2.75) is 54.9 Å². The molecule has 3 aliphatic rings. The molecule has 2 unspecified atom stereocenters. The van der Waals surface area contributed by atoms with Crippen molar-refractivity contribution < 1.29 is 9.53 Å². The molecular formula is C23H24BrNO2. The number of amides is 1. The molecule has 0 saturated carbocycles. The predicted molar refractivity (Wildman–Crippen MR) is 110 cm³/mol. The largest absolute Gasteiger partial charge is 0.448 e. The zero-order valence-corrected chi connectivity index (χ0v) is 16.9. The third-order valence-corrected chi connectivity index (χ3v) is 7.21. The number of hydrogen-bond donors (Lipinski definition) is 0. The van der Waals surface area contributed by atoms with Crippen molar-refractivity contribution in [3.63, 3.8) is 0 Å². The van der Waals surface area contributed by atoms with E-state index in [-0.39, 0.29) is 12.0 Å². The van der Waals surface area contributed by atoms with E-state index in [0.717, 1.165) is 25.7 Å². The van der Waals surface area contributed by atoms with Gasteiger partial charge in [0.15, 0.2) is 0 Å². The minimum absolute atomic E-state index is 0.119. The number of alkyl halides is 1. The van der Waals surface area contributed by atoms with Gasteiger partial charge < -0.3 is 9.64 Å². The van der Waals surface area contributed by atoms with Gasteiger partial charge in [-0.2, -0.15) is 0 Å². The average Bonchev–Trinajstić information content (AvgIpc) is 2.99. The van der Waals surface area contributed by atoms with Crippen molar-refractivity contribution in [1.29, 1.82) is 0 Å². The van der Waals surface area contributed by atoms with E-state index >= 15 is 0 Å². The minimum atomic E-state index is -0.119. The van der Waals surface area contributed by atoms with Gasteiger partial charge in [-0.25, -0.2) is 4.79 Å². The van der Waals surface area contributed by atoms with E-state index in [4.69, 9.17) is 4.74 Å². The number of benzene rings is 2. The first kappa shape index (κ1) is 17.3. The molecule has 0 aromatic heterocycles. The molecule has 0 radical (unpaired) electrons. The van der Waals surface area contributed by atoms with Crippen molar-refractivity contribution in [3.05, 3.63) is 59.7 Å². The van der Waals surface area contributed by atoms with Crippen LogP contribution in [0, 0.1) is 0 Å². The SMILES string of the molecule is O=C(OCC1c2ccccc2-c2ccccc21)N1C2CCCC1CC(Br)C2. The molecule has 2 bridgehead atoms. The molecule has 2 saturated heterocycles. The van der Waals surface area contributed by atoms with Gasteiger partial charge in [-0.1, -0.05) is 64.5 Å². The van der Waals surface area contributed by atoms with Crippen LogP contribution in [0.4, 0.5) is 4.79 Å². The maximum atomic E-state index is 13.0. The molecule has 2 aromatic rings. The Hall–Kier alpha value is -1.81. The fraction of sp³-hybridized carbons (Fsp3) is 0.435. The van der Waals surface area contributed by atoms with E-state index in [0.29, 0.717) is 23.5 Å². The number of ether oxygens (including phenoxy) is 1. The number of hydrogen-bond acceptors (Lipinski definition) is 2. The lowest BCUT2D eigenvalue weighted by atomic mass is 9.85. The Labute approximate surface area is 168 Å². The maximum Gasteiger partial charge on any atom is 0.410 e. The first-order valence-electron chi connectivity index (χ1n) is 9.99. The summed E-state index contributed by atoms with van der Waals surface area (Å²) in [5.41, 5.74) is 5.08. The van der Waals surface area contributed by atoms with Gasteiger partial charge >= 0.3 is 6.09 Å². The van der Waals surface area contributed by atoms with E-state index < -0.39 is 0 Å². The summed E-state index contributed by atoms with van der Waals surface area (Å²) >= 11 is 3.77. The van der Waals surface area contributed by atoms with E-state index in [1.54, 1.807) is 0 Å². The van der Waals surface area contributed by atoms with E-state index in [9.17, 15) is 4.79 Å². The Balaban J connectivity index is 1.35. The summed E-state index contributed by atoms with van der Waals surface area (Å²) < 4.78 is 5.92. The third-order valence-electron chi connectivity index (χ3n) is 6.46. The lowest BCUT2D eigenvalue weighted by Crippen LogP contribution is -2.55. The second kappa shape index (κ2) is 6.97. The quantitative estimate of drug-likeness (QED) is 0.576. The second-order valence-corrected chi connectivity index (χ2v) is 9.31. The van der Waals surface area contributed by atoms with Crippen LogP contribution < -0.4 is 0 Å². The zero-order chi connectivity index (χ0) is 18.4. The molecule has 2 aromatic carbocycles. The smallest absolute Gasteiger partial charge is 0.410 e. The number of fused-ring (bicyclic) bond motifs is 5. The van der Waals surface area contributed by atoms with Gasteiger partial charge in [0, 0.05) is 22.8 Å². The fourth-order valence-electron chi connectivity index (χ4n) is 5.28. The average molecular weight is 426 g/mol. The van der Waals surface area contributed by atoms with Crippen LogP contribution in [0.15, 0.2) is 48.5 Å². The first-order valence-corrected chi connectivity index (χ1v) is 10.9. The van der Waals surface area contributed by atoms with Crippen LogP contribution in [0.5, 0.6) is 0 Å². The number of rotatable bonds is 2. The number of halogens is 1. The van der Waals surface area contributed by atoms with Crippen LogP contribution in [0.25, 0.3) is 11.1 Å². The number of nitrogens with zero attached hydrogens (tertiary/aromatic N) is 1. The Kier molecular flexibility index (Phi) is 4.47. The maximum absolute atomic E-state index is 13.0. The van der Waals surface area contributed by atoms with Gasteiger partial charge in [0.05, 0.1) is 0 Å². The molecular weight excluding hydrogens is 402 g/mol. The molecule has 2 heterocycles. The van der Waals surface area contributed by atoms with Crippen molar-refractivity contribution in [2.75, 3.05) is 6.61 Å². The van der Waals surface area contributed by atoms with Crippen LogP contribution in [-0.4, -0.2) is 34.5 Å². The molecule has 140 valence electrons. The third kappa shape index (κ3) is 2.98. The molecule has 1 amide bonds. The van der Waals surface area contributed by atoms with Crippen molar-refractivity contribution >= 4 is 22.0 Å². The highest BCUT2D eigenvalue weighted by Gasteiger charge is 2.41. The zero-order valence-electron chi connectivity index (χ0n) is 15.3. The van der Waals surface area contributed by atoms with E-state index in [1.807, 2.05) is 4.90 Å². The molecule has 0 spiro atoms. The van der Waals surface area contributed by atoms with Gasteiger partial charge in [0.1, 0.15) is 6.61 Å². The second-order valence-electron chi connectivity index (χ2n) is 8.02. The molecule has 0 N–H and O–H groups in total. The summed E-state index contributed by atoms with van der Waals surface area (Å²) in [7, 11) is 0. The lowest BCUT2D eigenvalue weighted by molar-refractivity contribution is 0.0244. The molecule has 5 rings (SSSR count). The number of carbonyl (C=O) groups is 1. The molecule has 4 heteroatoms. The van der Waals surface area contributed by atoms with Crippen molar-refractivity contribution in [2.24, 2.45) is 0 Å². The summed E-state index contributed by atoms with van der Waals surface area (Å²) in [4.78, 5) is 15.6. The Bertz CT molecular complexity index is 807. The summed E-state index contributed by atoms with van der Waals surface area (Å²) in [6.45, 7) is 0.417. The monoisotopic (exact) mass is 425 g/mol. The lowest BCUT2D eigenvalue weighted by Gasteiger charge is -2.47. The van der Waals surface area contributed by atoms with Crippen molar-refractivity contribution in [3.8, 4) is 11.1 Å². The molecule has 2 atom stereocenters. The van der Waals surface area contributed by atoms with Gasteiger partial charge in [-0.15, -0.1) is 0 Å². The Morgan fingerprint density at radius 1 is 0.963 bits per heavy atom. The van der Waals surface area contributed by atoms with E-state index in [1.165, 1.54) is 28.7 Å². The van der Waals surface area contributed by atoms with Crippen LogP contribution in [0.3, 0.4) is 0 Å². The Morgan fingerprint density at radius 2 is 1.52 bits per heavy atom. The first-order chi connectivity index (χ1) is 13.2. The highest BCUT2D eigenvalue weighted by atomic mass is 79.9. The fourth-order valence-corrected chi connectivity index (χ4v) is 6.14. The summed E-state index contributed by atoms with van der Waals surface area (Å²) in [5, 5.41) is 0. The van der Waals surface area contributed by atoms with Crippen molar-refractivity contribution in [1.82, 2.24) is 4.90 Å². The Morgan fingerprint density at radius 3 is 2.11 bits per heavy atom. The standard InChI is InChI=1S/C23H24BrNO2/c24-15-12-16-6-5-7-17(13-15)25(16)23(26)27-14-22-20-10-3-1-8-18(20)19-9-2-4-11-21(19)22/h1-4,8-11,15-17,22H,5-7,12-14H2. The molecule has 3 nitrogen and oxygen atoms in total. The summed E-state index contributed by atoms with van der Waals surface area (Å²) in [6, 6.07) is 17.6. The molecule has 1 aliphatic carbocycles.